The number of carbonyl (C=O) groups excluding carboxylic acids is 1. The topological polar surface area (TPSA) is 49.8 Å². The van der Waals surface area contributed by atoms with E-state index in [9.17, 15) is 9.90 Å². The number of para-hydroxylation sites is 1. The van der Waals surface area contributed by atoms with Gasteiger partial charge in [-0.3, -0.25) is 4.79 Å². The number of aliphatic hydroxyl groups is 1. The summed E-state index contributed by atoms with van der Waals surface area (Å²) >= 11 is 0. The lowest BCUT2D eigenvalue weighted by Gasteiger charge is -2.52. The zero-order valence-electron chi connectivity index (χ0n) is 17.7. The fraction of sp³-hybridized carbons (Fsp3) is 0.423. The smallest absolute Gasteiger partial charge is 0.247 e. The minimum atomic E-state index is -0.706. The minimum absolute atomic E-state index is 0.0113. The van der Waals surface area contributed by atoms with E-state index in [1.807, 2.05) is 66.4 Å². The van der Waals surface area contributed by atoms with Gasteiger partial charge in [-0.1, -0.05) is 61.4 Å². The molecular weight excluding hydrogens is 374 g/mol. The number of benzene rings is 2. The molecule has 2 aromatic carbocycles. The monoisotopic (exact) mass is 405 g/mol. The molecular formula is C26H31NO3. The summed E-state index contributed by atoms with van der Waals surface area (Å²) in [6.45, 7) is 3.09. The van der Waals surface area contributed by atoms with Gasteiger partial charge in [-0.15, -0.1) is 0 Å². The van der Waals surface area contributed by atoms with Crippen molar-refractivity contribution in [1.82, 2.24) is 4.90 Å². The highest BCUT2D eigenvalue weighted by Gasteiger charge is 2.50. The Labute approximate surface area is 179 Å². The zero-order chi connectivity index (χ0) is 21.0. The lowest BCUT2D eigenvalue weighted by molar-refractivity contribution is -0.151. The first-order valence-electron chi connectivity index (χ1n) is 11.1. The Hall–Kier alpha value is -2.59. The third-order valence-corrected chi connectivity index (χ3v) is 6.61. The van der Waals surface area contributed by atoms with Gasteiger partial charge in [0.1, 0.15) is 5.75 Å². The van der Waals surface area contributed by atoms with Crippen LogP contribution < -0.4 is 4.74 Å². The highest BCUT2D eigenvalue weighted by Crippen LogP contribution is 2.50. The summed E-state index contributed by atoms with van der Waals surface area (Å²) in [6.07, 6.45) is 8.04. The van der Waals surface area contributed by atoms with Crippen LogP contribution in [-0.2, 0) is 4.79 Å². The quantitative estimate of drug-likeness (QED) is 0.713. The number of hydrogen-bond donors (Lipinski definition) is 1. The molecule has 0 radical (unpaired) electrons. The van der Waals surface area contributed by atoms with Crippen molar-refractivity contribution < 1.29 is 14.6 Å². The van der Waals surface area contributed by atoms with Gasteiger partial charge in [0.2, 0.25) is 5.91 Å². The van der Waals surface area contributed by atoms with E-state index in [-0.39, 0.29) is 17.9 Å². The van der Waals surface area contributed by atoms with E-state index in [4.69, 9.17) is 4.74 Å². The van der Waals surface area contributed by atoms with Gasteiger partial charge in [-0.05, 0) is 43.9 Å². The Morgan fingerprint density at radius 2 is 1.90 bits per heavy atom. The third kappa shape index (κ3) is 4.15. The summed E-state index contributed by atoms with van der Waals surface area (Å²) in [5, 5.41) is 11.5. The number of piperidine rings is 1. The Morgan fingerprint density at radius 1 is 1.13 bits per heavy atom. The summed E-state index contributed by atoms with van der Waals surface area (Å²) in [6, 6.07) is 17.7. The largest absolute Gasteiger partial charge is 0.494 e. The molecule has 158 valence electrons. The molecule has 2 aliphatic rings. The fourth-order valence-corrected chi connectivity index (χ4v) is 5.15. The number of rotatable bonds is 5. The lowest BCUT2D eigenvalue weighted by atomic mass is 9.66. The first-order valence-corrected chi connectivity index (χ1v) is 11.1. The van der Waals surface area contributed by atoms with Crippen LogP contribution in [0.5, 0.6) is 5.75 Å². The first kappa shape index (κ1) is 20.7. The van der Waals surface area contributed by atoms with Crippen LogP contribution in [-0.4, -0.2) is 34.7 Å². The van der Waals surface area contributed by atoms with Gasteiger partial charge in [-0.25, -0.2) is 0 Å². The Kier molecular flexibility index (Phi) is 6.24. The molecule has 1 amide bonds. The highest BCUT2D eigenvalue weighted by molar-refractivity contribution is 5.92. The summed E-state index contributed by atoms with van der Waals surface area (Å²) < 4.78 is 5.92. The van der Waals surface area contributed by atoms with Crippen molar-refractivity contribution in [2.24, 2.45) is 5.92 Å². The molecule has 1 aliphatic carbocycles. The molecule has 2 fully saturated rings. The van der Waals surface area contributed by atoms with Gasteiger partial charge in [0, 0.05) is 24.1 Å². The van der Waals surface area contributed by atoms with Gasteiger partial charge in [0.05, 0.1) is 18.2 Å². The van der Waals surface area contributed by atoms with Gasteiger partial charge < -0.3 is 14.7 Å². The van der Waals surface area contributed by atoms with E-state index in [0.29, 0.717) is 19.6 Å². The summed E-state index contributed by atoms with van der Waals surface area (Å²) in [5.41, 5.74) is 1.30. The van der Waals surface area contributed by atoms with E-state index in [1.165, 1.54) is 0 Å². The second-order valence-electron chi connectivity index (χ2n) is 8.40. The molecule has 2 aromatic rings. The van der Waals surface area contributed by atoms with Gasteiger partial charge >= 0.3 is 0 Å². The van der Waals surface area contributed by atoms with Crippen LogP contribution in [0.1, 0.15) is 56.2 Å². The molecule has 30 heavy (non-hydrogen) atoms. The van der Waals surface area contributed by atoms with Crippen molar-refractivity contribution in [2.45, 2.75) is 50.7 Å². The van der Waals surface area contributed by atoms with Crippen LogP contribution >= 0.6 is 0 Å². The van der Waals surface area contributed by atoms with Crippen molar-refractivity contribution in [2.75, 3.05) is 13.2 Å². The van der Waals surface area contributed by atoms with Crippen molar-refractivity contribution in [1.29, 1.82) is 0 Å². The zero-order valence-corrected chi connectivity index (χ0v) is 17.7. The average Bonchev–Trinajstić information content (AvgIpc) is 2.78. The second-order valence-corrected chi connectivity index (χ2v) is 8.40. The fourth-order valence-electron chi connectivity index (χ4n) is 5.15. The van der Waals surface area contributed by atoms with E-state index in [0.717, 1.165) is 42.6 Å². The Balaban J connectivity index is 1.70. The predicted octanol–water partition coefficient (Wildman–Crippen LogP) is 4.99. The van der Waals surface area contributed by atoms with Crippen molar-refractivity contribution in [3.05, 3.63) is 71.8 Å². The minimum Gasteiger partial charge on any atom is -0.494 e. The molecule has 1 heterocycles. The van der Waals surface area contributed by atoms with Crippen LogP contribution in [0.15, 0.2) is 60.7 Å². The van der Waals surface area contributed by atoms with Crippen molar-refractivity contribution in [3.8, 4) is 5.75 Å². The van der Waals surface area contributed by atoms with E-state index >= 15 is 0 Å². The van der Waals surface area contributed by atoms with E-state index in [2.05, 4.69) is 6.07 Å². The number of amides is 1. The SMILES string of the molecule is CCOc1ccccc1C1[C@@H]2CCCC[C@]2(O)CCN1C(=O)/C=C/c1ccccc1. The van der Waals surface area contributed by atoms with Crippen LogP contribution in [0.25, 0.3) is 6.08 Å². The molecule has 0 spiro atoms. The predicted molar refractivity (Wildman–Crippen MR) is 119 cm³/mol. The third-order valence-electron chi connectivity index (χ3n) is 6.61. The number of fused-ring (bicyclic) bond motifs is 1. The number of nitrogens with zero attached hydrogens (tertiary/aromatic N) is 1. The molecule has 1 saturated heterocycles. The van der Waals surface area contributed by atoms with Crippen molar-refractivity contribution >= 4 is 12.0 Å². The number of likely N-dealkylation sites (tertiary alicyclic amines) is 1. The molecule has 4 nitrogen and oxygen atoms in total. The van der Waals surface area contributed by atoms with Crippen LogP contribution in [0.4, 0.5) is 0 Å². The molecule has 0 aromatic heterocycles. The summed E-state index contributed by atoms with van der Waals surface area (Å²) in [7, 11) is 0. The molecule has 1 saturated carbocycles. The Morgan fingerprint density at radius 3 is 2.70 bits per heavy atom. The highest BCUT2D eigenvalue weighted by atomic mass is 16.5. The van der Waals surface area contributed by atoms with Crippen molar-refractivity contribution in [3.63, 3.8) is 0 Å². The normalized spacial score (nSPS) is 26.4. The molecule has 4 rings (SSSR count). The second kappa shape index (κ2) is 9.05. The summed E-state index contributed by atoms with van der Waals surface area (Å²) in [5.74, 6) is 0.822. The van der Waals surface area contributed by atoms with Gasteiger partial charge in [-0.2, -0.15) is 0 Å². The maximum atomic E-state index is 13.3. The number of carbonyl (C=O) groups is 1. The van der Waals surface area contributed by atoms with Crippen LogP contribution in [0, 0.1) is 5.92 Å². The average molecular weight is 406 g/mol. The molecule has 1 unspecified atom stereocenters. The maximum absolute atomic E-state index is 13.3. The van der Waals surface area contributed by atoms with Crippen LogP contribution in [0.2, 0.25) is 0 Å². The first-order chi connectivity index (χ1) is 14.6. The standard InChI is InChI=1S/C26H31NO3/c1-2-30-23-14-7-6-12-21(23)25-22-13-8-9-17-26(22,29)18-19-27(25)24(28)16-15-20-10-4-3-5-11-20/h3-7,10-12,14-16,22,25,29H,2,8-9,13,17-19H2,1H3/b16-15+/t22-,25?,26-/m0/s1. The molecule has 0 bridgehead atoms. The molecule has 1 N–H and O–H groups in total. The van der Waals surface area contributed by atoms with Crippen LogP contribution in [0.3, 0.4) is 0 Å². The maximum Gasteiger partial charge on any atom is 0.247 e. The Bertz CT molecular complexity index is 894. The van der Waals surface area contributed by atoms with E-state index in [1.54, 1.807) is 6.08 Å². The molecule has 4 heteroatoms. The van der Waals surface area contributed by atoms with Gasteiger partial charge in [0.15, 0.2) is 0 Å². The van der Waals surface area contributed by atoms with Gasteiger partial charge in [0.25, 0.3) is 0 Å². The summed E-state index contributed by atoms with van der Waals surface area (Å²) in [4.78, 5) is 15.3. The molecule has 1 aliphatic heterocycles. The number of ether oxygens (including phenoxy) is 1. The molecule has 3 atom stereocenters. The lowest BCUT2D eigenvalue weighted by Crippen LogP contribution is -2.56. The van der Waals surface area contributed by atoms with E-state index < -0.39 is 5.60 Å². The number of hydrogen-bond acceptors (Lipinski definition) is 3.